The maximum Gasteiger partial charge on any atom is 0.0680 e. The molecule has 0 spiro atoms. The molecule has 3 aromatic carbocycles. The zero-order chi connectivity index (χ0) is 13.8. The Kier molecular flexibility index (Phi) is 3.87. The van der Waals surface area contributed by atoms with E-state index in [0.29, 0.717) is 0 Å². The number of hydrogen-bond acceptors (Lipinski definition) is 4. The van der Waals surface area contributed by atoms with Gasteiger partial charge in [-0.2, -0.15) is 4.33 Å². The molecule has 0 heterocycles. The molecule has 0 saturated carbocycles. The molecule has 3 aromatic rings. The van der Waals surface area contributed by atoms with Crippen molar-refractivity contribution in [3.05, 3.63) is 66.7 Å². The fourth-order valence-electron chi connectivity index (χ4n) is 2.13. The molecule has 0 fully saturated rings. The molecular weight excluding hydrogens is 270 g/mol. The molecule has 0 aliphatic rings. The minimum atomic E-state index is 0.849. The van der Waals surface area contributed by atoms with Crippen LogP contribution < -0.4 is 5.32 Å². The Bertz CT molecular complexity index is 716. The molecule has 100 valence electrons. The quantitative estimate of drug-likeness (QED) is 0.398. The first-order chi connectivity index (χ1) is 9.86. The lowest BCUT2D eigenvalue weighted by atomic mass is 10.1. The van der Waals surface area contributed by atoms with E-state index in [9.17, 15) is 0 Å². The van der Waals surface area contributed by atoms with Gasteiger partial charge in [-0.1, -0.05) is 36.4 Å². The molecule has 4 heteroatoms. The van der Waals surface area contributed by atoms with Crippen LogP contribution in [0.3, 0.4) is 0 Å². The molecule has 3 nitrogen and oxygen atoms in total. The summed E-state index contributed by atoms with van der Waals surface area (Å²) in [7, 11) is 0. The van der Waals surface area contributed by atoms with Crippen molar-refractivity contribution in [3.63, 3.8) is 0 Å². The van der Waals surface area contributed by atoms with Crippen molar-refractivity contribution in [3.8, 4) is 0 Å². The standard InChI is InChI=1S/C16H13NO2S/c18-19-20-14-10-9-12-5-4-8-16(15(12)11-14)17-13-6-2-1-3-7-13/h1-11,17-18H. The summed E-state index contributed by atoms with van der Waals surface area (Å²) < 4.78 is 4.13. The van der Waals surface area contributed by atoms with Gasteiger partial charge in [0.1, 0.15) is 0 Å². The van der Waals surface area contributed by atoms with E-state index in [4.69, 9.17) is 5.26 Å². The van der Waals surface area contributed by atoms with E-state index in [-0.39, 0.29) is 0 Å². The maximum absolute atomic E-state index is 8.54. The van der Waals surface area contributed by atoms with E-state index >= 15 is 0 Å². The van der Waals surface area contributed by atoms with Crippen LogP contribution in [-0.2, 0) is 4.33 Å². The van der Waals surface area contributed by atoms with Crippen molar-refractivity contribution < 1.29 is 9.59 Å². The lowest BCUT2D eigenvalue weighted by Gasteiger charge is -2.10. The van der Waals surface area contributed by atoms with Crippen molar-refractivity contribution in [2.24, 2.45) is 0 Å². The molecule has 0 aliphatic carbocycles. The normalized spacial score (nSPS) is 10.7. The van der Waals surface area contributed by atoms with Crippen LogP contribution in [0.25, 0.3) is 10.8 Å². The van der Waals surface area contributed by atoms with Gasteiger partial charge in [-0.25, -0.2) is 5.26 Å². The molecule has 0 saturated heterocycles. The molecule has 0 atom stereocenters. The van der Waals surface area contributed by atoms with Crippen LogP contribution in [0.1, 0.15) is 0 Å². The lowest BCUT2D eigenvalue weighted by Crippen LogP contribution is -1.91. The summed E-state index contributed by atoms with van der Waals surface area (Å²) in [5.41, 5.74) is 2.06. The zero-order valence-corrected chi connectivity index (χ0v) is 11.4. The van der Waals surface area contributed by atoms with Crippen LogP contribution in [0.2, 0.25) is 0 Å². The largest absolute Gasteiger partial charge is 0.355 e. The Morgan fingerprint density at radius 3 is 2.55 bits per heavy atom. The van der Waals surface area contributed by atoms with Gasteiger partial charge in [-0.05, 0) is 35.7 Å². The van der Waals surface area contributed by atoms with E-state index in [1.165, 1.54) is 0 Å². The average Bonchev–Trinajstić information content (AvgIpc) is 2.49. The number of anilines is 2. The monoisotopic (exact) mass is 283 g/mol. The fraction of sp³-hybridized carbons (Fsp3) is 0. The highest BCUT2D eigenvalue weighted by molar-refractivity contribution is 7.94. The number of para-hydroxylation sites is 1. The van der Waals surface area contributed by atoms with E-state index in [1.807, 2.05) is 60.7 Å². The van der Waals surface area contributed by atoms with E-state index in [0.717, 1.165) is 39.1 Å². The molecular formula is C16H13NO2S. The highest BCUT2D eigenvalue weighted by Gasteiger charge is 2.03. The van der Waals surface area contributed by atoms with Gasteiger partial charge >= 0.3 is 0 Å². The molecule has 0 radical (unpaired) electrons. The number of nitrogens with one attached hydrogen (secondary N) is 1. The van der Waals surface area contributed by atoms with Crippen LogP contribution in [0.5, 0.6) is 0 Å². The van der Waals surface area contributed by atoms with Gasteiger partial charge in [0.25, 0.3) is 0 Å². The summed E-state index contributed by atoms with van der Waals surface area (Å²) in [5, 5.41) is 14.2. The van der Waals surface area contributed by atoms with E-state index in [2.05, 4.69) is 15.7 Å². The molecule has 3 rings (SSSR count). The van der Waals surface area contributed by atoms with Gasteiger partial charge in [-0.15, -0.1) is 0 Å². The van der Waals surface area contributed by atoms with Crippen LogP contribution >= 0.6 is 12.0 Å². The Morgan fingerprint density at radius 2 is 1.75 bits per heavy atom. The van der Waals surface area contributed by atoms with Gasteiger partial charge < -0.3 is 5.32 Å². The third-order valence-electron chi connectivity index (χ3n) is 3.04. The molecule has 0 aromatic heterocycles. The number of hydrogen-bond donors (Lipinski definition) is 2. The Morgan fingerprint density at radius 1 is 0.900 bits per heavy atom. The van der Waals surface area contributed by atoms with Gasteiger partial charge in [0, 0.05) is 21.7 Å². The maximum atomic E-state index is 8.54. The predicted octanol–water partition coefficient (Wildman–Crippen LogP) is 5.08. The Hall–Kier alpha value is -2.01. The van der Waals surface area contributed by atoms with Crippen molar-refractivity contribution in [1.82, 2.24) is 0 Å². The third kappa shape index (κ3) is 2.77. The van der Waals surface area contributed by atoms with Crippen molar-refractivity contribution in [2.45, 2.75) is 4.90 Å². The highest BCUT2D eigenvalue weighted by atomic mass is 32.2. The minimum Gasteiger partial charge on any atom is -0.355 e. The molecule has 20 heavy (non-hydrogen) atoms. The first-order valence-corrected chi connectivity index (χ1v) is 6.94. The summed E-state index contributed by atoms with van der Waals surface area (Å²) >= 11 is 0.933. The average molecular weight is 283 g/mol. The summed E-state index contributed by atoms with van der Waals surface area (Å²) in [6, 6.07) is 22.0. The van der Waals surface area contributed by atoms with Gasteiger partial charge in [0.2, 0.25) is 0 Å². The Balaban J connectivity index is 2.03. The number of fused-ring (bicyclic) bond motifs is 1. The second kappa shape index (κ2) is 5.96. The van der Waals surface area contributed by atoms with Gasteiger partial charge in [0.15, 0.2) is 0 Å². The van der Waals surface area contributed by atoms with Crippen molar-refractivity contribution >= 4 is 34.2 Å². The number of rotatable bonds is 4. The summed E-state index contributed by atoms with van der Waals surface area (Å²) in [6.07, 6.45) is 0. The molecule has 0 unspecified atom stereocenters. The summed E-state index contributed by atoms with van der Waals surface area (Å²) in [4.78, 5) is 0.849. The van der Waals surface area contributed by atoms with Crippen LogP contribution in [0.4, 0.5) is 11.4 Å². The minimum absolute atomic E-state index is 0.849. The molecule has 2 N–H and O–H groups in total. The fourth-order valence-corrected chi connectivity index (χ4v) is 2.51. The zero-order valence-electron chi connectivity index (χ0n) is 10.6. The lowest BCUT2D eigenvalue weighted by molar-refractivity contribution is -0.116. The topological polar surface area (TPSA) is 41.5 Å². The van der Waals surface area contributed by atoms with Gasteiger partial charge in [-0.3, -0.25) is 0 Å². The second-order valence-electron chi connectivity index (χ2n) is 4.34. The van der Waals surface area contributed by atoms with Crippen LogP contribution in [0.15, 0.2) is 71.6 Å². The van der Waals surface area contributed by atoms with E-state index in [1.54, 1.807) is 0 Å². The first-order valence-electron chi connectivity index (χ1n) is 6.20. The SMILES string of the molecule is OOSc1ccc2cccc(Nc3ccccc3)c2c1. The van der Waals surface area contributed by atoms with E-state index < -0.39 is 0 Å². The summed E-state index contributed by atoms with van der Waals surface area (Å²) in [6.45, 7) is 0. The first kappa shape index (κ1) is 13.0. The van der Waals surface area contributed by atoms with Crippen LogP contribution in [0, 0.1) is 0 Å². The van der Waals surface area contributed by atoms with Crippen molar-refractivity contribution in [1.29, 1.82) is 0 Å². The van der Waals surface area contributed by atoms with Crippen LogP contribution in [-0.4, -0.2) is 5.26 Å². The predicted molar refractivity (Wildman–Crippen MR) is 83.2 cm³/mol. The third-order valence-corrected chi connectivity index (χ3v) is 3.56. The smallest absolute Gasteiger partial charge is 0.0680 e. The Labute approximate surface area is 121 Å². The second-order valence-corrected chi connectivity index (χ2v) is 5.12. The molecule has 0 aliphatic heterocycles. The van der Waals surface area contributed by atoms with Crippen molar-refractivity contribution in [2.75, 3.05) is 5.32 Å². The number of benzene rings is 3. The molecule has 0 bridgehead atoms. The molecule has 0 amide bonds. The highest BCUT2D eigenvalue weighted by Crippen LogP contribution is 2.30. The summed E-state index contributed by atoms with van der Waals surface area (Å²) in [5.74, 6) is 0. The van der Waals surface area contributed by atoms with Gasteiger partial charge in [0.05, 0.1) is 12.0 Å².